The number of hydrogen-bond donors (Lipinski definition) is 2. The van der Waals surface area contributed by atoms with Gasteiger partial charge in [-0.05, 0) is 44.0 Å². The minimum Gasteiger partial charge on any atom is -0.493 e. The molecule has 2 N–H and O–H groups in total. The monoisotopic (exact) mass is 400 g/mol. The van der Waals surface area contributed by atoms with Gasteiger partial charge < -0.3 is 29.6 Å². The van der Waals surface area contributed by atoms with Crippen LogP contribution >= 0.6 is 0 Å². The maximum Gasteiger partial charge on any atom is 0.262 e. The van der Waals surface area contributed by atoms with Gasteiger partial charge in [0, 0.05) is 11.3 Å². The first-order valence-electron chi connectivity index (χ1n) is 9.00. The van der Waals surface area contributed by atoms with Crippen LogP contribution in [0.15, 0.2) is 12.1 Å². The van der Waals surface area contributed by atoms with Crippen LogP contribution in [0.2, 0.25) is 0 Å². The van der Waals surface area contributed by atoms with Crippen molar-refractivity contribution in [2.45, 2.75) is 20.8 Å². The number of benzene rings is 2. The Morgan fingerprint density at radius 1 is 1.00 bits per heavy atom. The van der Waals surface area contributed by atoms with Gasteiger partial charge in [-0.15, -0.1) is 0 Å². The van der Waals surface area contributed by atoms with Gasteiger partial charge in [0.15, 0.2) is 18.1 Å². The first kappa shape index (κ1) is 20.3. The van der Waals surface area contributed by atoms with Crippen molar-refractivity contribution in [1.82, 2.24) is 0 Å². The maximum atomic E-state index is 13.1. The zero-order chi connectivity index (χ0) is 21.3. The number of rotatable bonds is 5. The van der Waals surface area contributed by atoms with Gasteiger partial charge in [0.05, 0.1) is 32.6 Å². The Hall–Kier alpha value is -3.42. The normalized spacial score (nSPS) is 12.4. The quantitative estimate of drug-likeness (QED) is 0.800. The zero-order valence-corrected chi connectivity index (χ0v) is 17.3. The molecule has 8 heteroatoms. The number of nitrogens with one attached hydrogen (secondary N) is 2. The van der Waals surface area contributed by atoms with Crippen LogP contribution in [0.1, 0.15) is 27.0 Å². The summed E-state index contributed by atoms with van der Waals surface area (Å²) < 4.78 is 21.6. The third kappa shape index (κ3) is 3.41. The SMILES string of the molecule is COc1ccc(C(=O)Nc2c(C)c(C)c3c(c2C)NC(=O)CO3)c(OC)c1OC. The highest BCUT2D eigenvalue weighted by Gasteiger charge is 2.27. The fourth-order valence-corrected chi connectivity index (χ4v) is 3.41. The van der Waals surface area contributed by atoms with Gasteiger partial charge in [0.25, 0.3) is 11.8 Å². The highest BCUT2D eigenvalue weighted by Crippen LogP contribution is 2.43. The number of amides is 2. The van der Waals surface area contributed by atoms with Crippen LogP contribution in [-0.2, 0) is 4.79 Å². The Bertz CT molecular complexity index is 1000. The van der Waals surface area contributed by atoms with E-state index in [1.165, 1.54) is 21.3 Å². The van der Waals surface area contributed by atoms with Gasteiger partial charge in [-0.1, -0.05) is 0 Å². The molecule has 1 aliphatic heterocycles. The molecule has 0 saturated heterocycles. The summed E-state index contributed by atoms with van der Waals surface area (Å²) in [6, 6.07) is 3.25. The predicted octanol–water partition coefficient (Wildman–Crippen LogP) is 3.22. The molecule has 0 atom stereocenters. The number of carbonyl (C=O) groups excluding carboxylic acids is 2. The topological polar surface area (TPSA) is 95.1 Å². The number of anilines is 2. The molecule has 0 bridgehead atoms. The average molecular weight is 400 g/mol. The molecule has 1 heterocycles. The summed E-state index contributed by atoms with van der Waals surface area (Å²) in [5.41, 5.74) is 3.88. The first-order valence-corrected chi connectivity index (χ1v) is 9.00. The third-order valence-electron chi connectivity index (χ3n) is 5.05. The second-order valence-corrected chi connectivity index (χ2v) is 6.63. The summed E-state index contributed by atoms with van der Waals surface area (Å²) in [5, 5.41) is 5.77. The predicted molar refractivity (Wildman–Crippen MR) is 109 cm³/mol. The van der Waals surface area contributed by atoms with E-state index in [1.54, 1.807) is 12.1 Å². The molecule has 0 aliphatic carbocycles. The van der Waals surface area contributed by atoms with E-state index in [9.17, 15) is 9.59 Å². The van der Waals surface area contributed by atoms with Gasteiger partial charge >= 0.3 is 0 Å². The van der Waals surface area contributed by atoms with E-state index in [0.717, 1.165) is 11.1 Å². The number of hydrogen-bond acceptors (Lipinski definition) is 6. The van der Waals surface area contributed by atoms with E-state index in [2.05, 4.69) is 10.6 Å². The molecule has 8 nitrogen and oxygen atoms in total. The van der Waals surface area contributed by atoms with E-state index < -0.39 is 0 Å². The molecule has 0 unspecified atom stereocenters. The Morgan fingerprint density at radius 2 is 1.69 bits per heavy atom. The van der Waals surface area contributed by atoms with Gasteiger partial charge in [-0.3, -0.25) is 9.59 Å². The molecule has 0 fully saturated rings. The molecule has 1 aliphatic rings. The lowest BCUT2D eigenvalue weighted by Crippen LogP contribution is -2.27. The van der Waals surface area contributed by atoms with E-state index in [0.29, 0.717) is 39.8 Å². The number of ether oxygens (including phenoxy) is 4. The molecule has 3 rings (SSSR count). The lowest BCUT2D eigenvalue weighted by molar-refractivity contribution is -0.118. The van der Waals surface area contributed by atoms with Crippen LogP contribution < -0.4 is 29.6 Å². The Kier molecular flexibility index (Phi) is 5.54. The molecule has 2 amide bonds. The number of fused-ring (bicyclic) bond motifs is 1. The van der Waals surface area contributed by atoms with Gasteiger partial charge in [-0.2, -0.15) is 0 Å². The molecule has 2 aromatic carbocycles. The van der Waals surface area contributed by atoms with E-state index in [1.807, 2.05) is 20.8 Å². The minimum absolute atomic E-state index is 0.0265. The van der Waals surface area contributed by atoms with Crippen molar-refractivity contribution >= 4 is 23.2 Å². The van der Waals surface area contributed by atoms with Crippen molar-refractivity contribution in [3.8, 4) is 23.0 Å². The molecule has 2 aromatic rings. The lowest BCUT2D eigenvalue weighted by atomic mass is 9.98. The van der Waals surface area contributed by atoms with Crippen molar-refractivity contribution in [2.75, 3.05) is 38.6 Å². The van der Waals surface area contributed by atoms with Crippen LogP contribution in [0, 0.1) is 20.8 Å². The average Bonchev–Trinajstić information content (AvgIpc) is 2.73. The van der Waals surface area contributed by atoms with E-state index >= 15 is 0 Å². The van der Waals surface area contributed by atoms with Crippen molar-refractivity contribution in [2.24, 2.45) is 0 Å². The molecular weight excluding hydrogens is 376 g/mol. The second kappa shape index (κ2) is 7.90. The molecular formula is C21H24N2O6. The van der Waals surface area contributed by atoms with Crippen LogP contribution in [0.4, 0.5) is 11.4 Å². The van der Waals surface area contributed by atoms with Crippen molar-refractivity contribution < 1.29 is 28.5 Å². The van der Waals surface area contributed by atoms with E-state index in [4.69, 9.17) is 18.9 Å². The summed E-state index contributed by atoms with van der Waals surface area (Å²) in [7, 11) is 4.45. The molecule has 29 heavy (non-hydrogen) atoms. The Morgan fingerprint density at radius 3 is 2.31 bits per heavy atom. The van der Waals surface area contributed by atoms with Crippen LogP contribution in [-0.4, -0.2) is 39.8 Å². The summed E-state index contributed by atoms with van der Waals surface area (Å²) in [5.74, 6) is 1.07. The van der Waals surface area contributed by atoms with Crippen molar-refractivity contribution in [1.29, 1.82) is 0 Å². The van der Waals surface area contributed by atoms with Crippen molar-refractivity contribution in [3.63, 3.8) is 0 Å². The van der Waals surface area contributed by atoms with E-state index in [-0.39, 0.29) is 24.2 Å². The van der Waals surface area contributed by atoms with Crippen LogP contribution in [0.25, 0.3) is 0 Å². The molecule has 0 radical (unpaired) electrons. The Labute approximate surface area is 169 Å². The highest BCUT2D eigenvalue weighted by atomic mass is 16.5. The smallest absolute Gasteiger partial charge is 0.262 e. The molecule has 0 aromatic heterocycles. The fourth-order valence-electron chi connectivity index (χ4n) is 3.41. The first-order chi connectivity index (χ1) is 13.8. The van der Waals surface area contributed by atoms with Gasteiger partial charge in [-0.25, -0.2) is 0 Å². The largest absolute Gasteiger partial charge is 0.493 e. The fraction of sp³-hybridized carbons (Fsp3) is 0.333. The second-order valence-electron chi connectivity index (χ2n) is 6.63. The molecule has 0 saturated carbocycles. The summed E-state index contributed by atoms with van der Waals surface area (Å²) in [6.45, 7) is 5.57. The van der Waals surface area contributed by atoms with Crippen molar-refractivity contribution in [3.05, 3.63) is 34.4 Å². The minimum atomic E-state index is -0.378. The van der Waals surface area contributed by atoms with Crippen LogP contribution in [0.3, 0.4) is 0 Å². The lowest BCUT2D eigenvalue weighted by Gasteiger charge is -2.26. The molecule has 154 valence electrons. The Balaban J connectivity index is 2.06. The maximum absolute atomic E-state index is 13.1. The summed E-state index contributed by atoms with van der Waals surface area (Å²) in [6.07, 6.45) is 0. The van der Waals surface area contributed by atoms with Gasteiger partial charge in [0.1, 0.15) is 5.75 Å². The third-order valence-corrected chi connectivity index (χ3v) is 5.05. The van der Waals surface area contributed by atoms with Crippen LogP contribution in [0.5, 0.6) is 23.0 Å². The number of methoxy groups -OCH3 is 3. The standard InChI is InChI=1S/C21H24N2O6/c1-10-11(2)18-17(22-15(24)9-29-18)12(3)16(10)23-21(25)13-7-8-14(26-4)20(28-6)19(13)27-5/h7-8H,9H2,1-6H3,(H,22,24)(H,23,25). The number of carbonyl (C=O) groups is 2. The zero-order valence-electron chi connectivity index (χ0n) is 17.3. The van der Waals surface area contributed by atoms with Gasteiger partial charge in [0.2, 0.25) is 5.75 Å². The highest BCUT2D eigenvalue weighted by molar-refractivity contribution is 6.09. The summed E-state index contributed by atoms with van der Waals surface area (Å²) >= 11 is 0. The summed E-state index contributed by atoms with van der Waals surface area (Å²) in [4.78, 5) is 24.9. The molecule has 0 spiro atoms.